The molecule has 3 N–H and O–H groups in total. The minimum atomic E-state index is -4.06. The van der Waals surface area contributed by atoms with Gasteiger partial charge in [-0.15, -0.1) is 0 Å². The Labute approximate surface area is 167 Å². The Morgan fingerprint density at radius 3 is 2.45 bits per heavy atom. The van der Waals surface area contributed by atoms with Crippen LogP contribution in [-0.4, -0.2) is 26.2 Å². The second-order valence-electron chi connectivity index (χ2n) is 6.15. The van der Waals surface area contributed by atoms with Crippen molar-refractivity contribution in [2.45, 2.75) is 11.8 Å². The van der Waals surface area contributed by atoms with Gasteiger partial charge in [-0.25, -0.2) is 13.6 Å². The quantitative estimate of drug-likeness (QED) is 0.361. The lowest BCUT2D eigenvalue weighted by atomic mass is 10.0. The summed E-state index contributed by atoms with van der Waals surface area (Å²) in [5.41, 5.74) is 3.63. The number of hydrogen-bond acceptors (Lipinski definition) is 7. The zero-order valence-corrected chi connectivity index (χ0v) is 16.4. The van der Waals surface area contributed by atoms with E-state index < -0.39 is 20.6 Å². The van der Waals surface area contributed by atoms with Gasteiger partial charge in [-0.3, -0.25) is 15.5 Å². The van der Waals surface area contributed by atoms with Gasteiger partial charge in [-0.1, -0.05) is 24.3 Å². The molecule has 0 unspecified atom stereocenters. The van der Waals surface area contributed by atoms with E-state index in [1.165, 1.54) is 12.1 Å². The third kappa shape index (κ3) is 4.18. The lowest BCUT2D eigenvalue weighted by Gasteiger charge is -2.11. The van der Waals surface area contributed by atoms with E-state index in [4.69, 9.17) is 9.88 Å². The molecule has 0 fully saturated rings. The Hall–Kier alpha value is -3.50. The summed E-state index contributed by atoms with van der Waals surface area (Å²) in [5, 5.41) is 22.4. The number of sulfonamides is 1. The van der Waals surface area contributed by atoms with E-state index in [1.54, 1.807) is 14.0 Å². The standard InChI is InChI=1S/C19H18N4O5S/c1-12(14-8-10-19(28-2)16-6-4-3-5-15(14)16)21-22-17-9-7-13(29(20,26)27)11-18(17)23(24)25/h3-11,22H,1-2H3,(H2,20,26,27)/b21-12-. The fourth-order valence-corrected chi connectivity index (χ4v) is 3.44. The molecule has 29 heavy (non-hydrogen) atoms. The number of hydrazone groups is 1. The molecule has 0 aliphatic carbocycles. The fraction of sp³-hybridized carbons (Fsp3) is 0.105. The van der Waals surface area contributed by atoms with Crippen molar-refractivity contribution >= 4 is 37.9 Å². The third-order valence-electron chi connectivity index (χ3n) is 4.33. The SMILES string of the molecule is COc1ccc(/C(C)=N\Nc2ccc(S(N)(=O)=O)cc2[N+](=O)[O-])c2ccccc12. The van der Waals surface area contributed by atoms with E-state index in [-0.39, 0.29) is 10.6 Å². The first-order valence-corrected chi connectivity index (χ1v) is 9.94. The summed E-state index contributed by atoms with van der Waals surface area (Å²) in [7, 11) is -2.47. The zero-order chi connectivity index (χ0) is 21.2. The Morgan fingerprint density at radius 2 is 1.83 bits per heavy atom. The molecule has 0 heterocycles. The summed E-state index contributed by atoms with van der Waals surface area (Å²) in [4.78, 5) is 10.3. The van der Waals surface area contributed by atoms with Crippen LogP contribution in [0, 0.1) is 10.1 Å². The molecule has 0 radical (unpaired) electrons. The van der Waals surface area contributed by atoms with E-state index in [0.29, 0.717) is 5.71 Å². The van der Waals surface area contributed by atoms with Gasteiger partial charge >= 0.3 is 0 Å². The van der Waals surface area contributed by atoms with E-state index in [2.05, 4.69) is 10.5 Å². The predicted molar refractivity (Wildman–Crippen MR) is 111 cm³/mol. The van der Waals surface area contributed by atoms with Gasteiger partial charge in [0, 0.05) is 17.0 Å². The number of rotatable bonds is 6. The molecule has 3 aromatic carbocycles. The molecule has 0 aliphatic heterocycles. The van der Waals surface area contributed by atoms with Gasteiger partial charge in [0.2, 0.25) is 10.0 Å². The lowest BCUT2D eigenvalue weighted by Crippen LogP contribution is -2.12. The first-order chi connectivity index (χ1) is 13.7. The van der Waals surface area contributed by atoms with Crippen LogP contribution in [-0.2, 0) is 10.0 Å². The summed E-state index contributed by atoms with van der Waals surface area (Å²) < 4.78 is 28.3. The van der Waals surface area contributed by atoms with Crippen LogP contribution >= 0.6 is 0 Å². The van der Waals surface area contributed by atoms with Crippen molar-refractivity contribution < 1.29 is 18.1 Å². The maximum Gasteiger partial charge on any atom is 0.295 e. The van der Waals surface area contributed by atoms with Gasteiger partial charge in [-0.2, -0.15) is 5.10 Å². The molecule has 0 amide bonds. The molecular weight excluding hydrogens is 396 g/mol. The number of anilines is 1. The van der Waals surface area contributed by atoms with E-state index >= 15 is 0 Å². The van der Waals surface area contributed by atoms with E-state index in [1.807, 2.05) is 36.4 Å². The summed E-state index contributed by atoms with van der Waals surface area (Å²) in [6.45, 7) is 1.76. The average molecular weight is 414 g/mol. The van der Waals surface area contributed by atoms with Crippen LogP contribution < -0.4 is 15.3 Å². The molecule has 3 aromatic rings. The summed E-state index contributed by atoms with van der Waals surface area (Å²) in [5.74, 6) is 0.722. The molecule has 0 aromatic heterocycles. The van der Waals surface area contributed by atoms with Crippen molar-refractivity contribution in [3.05, 3.63) is 70.3 Å². The largest absolute Gasteiger partial charge is 0.496 e. The van der Waals surface area contributed by atoms with Crippen molar-refractivity contribution in [3.63, 3.8) is 0 Å². The molecule has 0 saturated heterocycles. The second-order valence-corrected chi connectivity index (χ2v) is 7.71. The number of benzene rings is 3. The van der Waals surface area contributed by atoms with Crippen LogP contribution in [0.15, 0.2) is 64.6 Å². The topological polar surface area (TPSA) is 137 Å². The Kier molecular flexibility index (Phi) is 5.48. The van der Waals surface area contributed by atoms with Gasteiger partial charge in [0.1, 0.15) is 11.4 Å². The van der Waals surface area contributed by atoms with Crippen LogP contribution in [0.2, 0.25) is 0 Å². The average Bonchev–Trinajstić information content (AvgIpc) is 2.70. The van der Waals surface area contributed by atoms with Crippen molar-refractivity contribution in [2.24, 2.45) is 10.2 Å². The van der Waals surface area contributed by atoms with Gasteiger partial charge in [0.15, 0.2) is 0 Å². The van der Waals surface area contributed by atoms with Crippen LogP contribution in [0.3, 0.4) is 0 Å². The molecule has 3 rings (SSSR count). The second kappa shape index (κ2) is 7.86. The summed E-state index contributed by atoms with van der Waals surface area (Å²) in [6, 6.07) is 14.6. The van der Waals surface area contributed by atoms with Gasteiger partial charge in [0.05, 0.1) is 22.6 Å². The van der Waals surface area contributed by atoms with Crippen molar-refractivity contribution in [1.29, 1.82) is 0 Å². The zero-order valence-electron chi connectivity index (χ0n) is 15.6. The fourth-order valence-electron chi connectivity index (χ4n) is 2.90. The Morgan fingerprint density at radius 1 is 1.14 bits per heavy atom. The van der Waals surface area contributed by atoms with Crippen molar-refractivity contribution in [1.82, 2.24) is 0 Å². The number of methoxy groups -OCH3 is 1. The number of nitrogens with one attached hydrogen (secondary N) is 1. The number of fused-ring (bicyclic) bond motifs is 1. The van der Waals surface area contributed by atoms with Gasteiger partial charge in [0.25, 0.3) is 5.69 Å². The highest BCUT2D eigenvalue weighted by Crippen LogP contribution is 2.30. The molecule has 9 nitrogen and oxygen atoms in total. The number of nitro groups is 1. The first kappa shape index (κ1) is 20.2. The van der Waals surface area contributed by atoms with Gasteiger partial charge in [-0.05, 0) is 36.6 Å². The molecular formula is C19H18N4O5S. The normalized spacial score (nSPS) is 12.0. The molecule has 150 valence electrons. The Balaban J connectivity index is 2.01. The van der Waals surface area contributed by atoms with Crippen LogP contribution in [0.1, 0.15) is 12.5 Å². The van der Waals surface area contributed by atoms with Crippen LogP contribution in [0.5, 0.6) is 5.75 Å². The van der Waals surface area contributed by atoms with Crippen molar-refractivity contribution in [2.75, 3.05) is 12.5 Å². The predicted octanol–water partition coefficient (Wildman–Crippen LogP) is 3.24. The highest BCUT2D eigenvalue weighted by Gasteiger charge is 2.19. The minimum absolute atomic E-state index is 0.0413. The third-order valence-corrected chi connectivity index (χ3v) is 5.24. The number of primary sulfonamides is 1. The Bertz CT molecular complexity index is 1240. The lowest BCUT2D eigenvalue weighted by molar-refractivity contribution is -0.384. The molecule has 0 saturated carbocycles. The number of nitro benzene ring substituents is 1. The van der Waals surface area contributed by atoms with E-state index in [0.717, 1.165) is 28.2 Å². The highest BCUT2D eigenvalue weighted by atomic mass is 32.2. The molecule has 0 aliphatic rings. The van der Waals surface area contributed by atoms with Crippen LogP contribution in [0.4, 0.5) is 11.4 Å². The van der Waals surface area contributed by atoms with Gasteiger partial charge < -0.3 is 4.74 Å². The maximum absolute atomic E-state index is 11.4. The summed E-state index contributed by atoms with van der Waals surface area (Å²) >= 11 is 0. The highest BCUT2D eigenvalue weighted by molar-refractivity contribution is 7.89. The first-order valence-electron chi connectivity index (χ1n) is 8.40. The number of ether oxygens (including phenoxy) is 1. The molecule has 10 heteroatoms. The smallest absolute Gasteiger partial charge is 0.295 e. The summed E-state index contributed by atoms with van der Waals surface area (Å²) in [6.07, 6.45) is 0. The molecule has 0 bridgehead atoms. The minimum Gasteiger partial charge on any atom is -0.496 e. The van der Waals surface area contributed by atoms with E-state index in [9.17, 15) is 18.5 Å². The molecule has 0 atom stereocenters. The maximum atomic E-state index is 11.4. The monoisotopic (exact) mass is 414 g/mol. The number of nitrogens with zero attached hydrogens (tertiary/aromatic N) is 2. The number of nitrogens with two attached hydrogens (primary N) is 1. The van der Waals surface area contributed by atoms with Crippen LogP contribution in [0.25, 0.3) is 10.8 Å². The molecule has 0 spiro atoms. The number of hydrogen-bond donors (Lipinski definition) is 2. The van der Waals surface area contributed by atoms with Crippen molar-refractivity contribution in [3.8, 4) is 5.75 Å².